The second-order valence-corrected chi connectivity index (χ2v) is 9.17. The first kappa shape index (κ1) is 30.7. The molecule has 206 valence electrons. The lowest BCUT2D eigenvalue weighted by molar-refractivity contribution is -0.153. The van der Waals surface area contributed by atoms with Crippen molar-refractivity contribution in [3.05, 3.63) is 35.5 Å². The van der Waals surface area contributed by atoms with E-state index in [9.17, 15) is 9.59 Å². The molecule has 0 fully saturated rings. The Bertz CT molecular complexity index is 1000. The Labute approximate surface area is 224 Å². The van der Waals surface area contributed by atoms with Crippen LogP contribution in [0.25, 0.3) is 10.9 Å². The van der Waals surface area contributed by atoms with Gasteiger partial charge in [-0.05, 0) is 58.4 Å². The SMILES string of the molecule is CCOCN(COCC)C(C)CC(N)(CC(=O)NCCNc1ccnc2cc(Cl)ccc12)C(=O)OCC. The fourth-order valence-corrected chi connectivity index (χ4v) is 4.06. The lowest BCUT2D eigenvalue weighted by Gasteiger charge is -2.34. The van der Waals surface area contributed by atoms with Crippen LogP contribution in [-0.4, -0.2) is 79.7 Å². The summed E-state index contributed by atoms with van der Waals surface area (Å²) < 4.78 is 16.3. The topological polar surface area (TPSA) is 128 Å². The van der Waals surface area contributed by atoms with Crippen molar-refractivity contribution in [2.45, 2.75) is 52.1 Å². The van der Waals surface area contributed by atoms with Gasteiger partial charge >= 0.3 is 5.97 Å². The van der Waals surface area contributed by atoms with E-state index in [1.807, 2.05) is 37.8 Å². The summed E-state index contributed by atoms with van der Waals surface area (Å²) in [7, 11) is 0. The Morgan fingerprint density at radius 1 is 1.11 bits per heavy atom. The number of amides is 1. The van der Waals surface area contributed by atoms with Crippen molar-refractivity contribution in [3.8, 4) is 0 Å². The number of esters is 1. The van der Waals surface area contributed by atoms with E-state index >= 15 is 0 Å². The van der Waals surface area contributed by atoms with E-state index in [-0.39, 0.29) is 31.4 Å². The van der Waals surface area contributed by atoms with Crippen molar-refractivity contribution < 1.29 is 23.8 Å². The van der Waals surface area contributed by atoms with Crippen LogP contribution in [0.3, 0.4) is 0 Å². The van der Waals surface area contributed by atoms with Gasteiger partial charge in [-0.15, -0.1) is 0 Å². The second-order valence-electron chi connectivity index (χ2n) is 8.74. The first-order valence-corrected chi connectivity index (χ1v) is 13.0. The smallest absolute Gasteiger partial charge is 0.326 e. The maximum Gasteiger partial charge on any atom is 0.326 e. The van der Waals surface area contributed by atoms with Crippen LogP contribution in [0.5, 0.6) is 0 Å². The molecule has 0 bridgehead atoms. The maximum absolute atomic E-state index is 12.8. The number of carbonyl (C=O) groups is 2. The highest BCUT2D eigenvalue weighted by molar-refractivity contribution is 6.31. The monoisotopic (exact) mass is 537 g/mol. The maximum atomic E-state index is 12.8. The summed E-state index contributed by atoms with van der Waals surface area (Å²) in [6.07, 6.45) is 1.69. The molecule has 1 amide bonds. The lowest BCUT2D eigenvalue weighted by Crippen LogP contribution is -2.56. The number of nitrogens with zero attached hydrogens (tertiary/aromatic N) is 2. The summed E-state index contributed by atoms with van der Waals surface area (Å²) >= 11 is 6.05. The number of nitrogens with one attached hydrogen (secondary N) is 2. The molecule has 0 spiro atoms. The van der Waals surface area contributed by atoms with E-state index in [2.05, 4.69) is 15.6 Å². The Balaban J connectivity index is 1.97. The fourth-order valence-electron chi connectivity index (χ4n) is 3.89. The van der Waals surface area contributed by atoms with Crippen LogP contribution >= 0.6 is 11.6 Å². The molecule has 0 aliphatic heterocycles. The van der Waals surface area contributed by atoms with Crippen molar-refractivity contribution in [2.24, 2.45) is 5.73 Å². The highest BCUT2D eigenvalue weighted by Crippen LogP contribution is 2.24. The molecule has 10 nitrogen and oxygen atoms in total. The number of ether oxygens (including phenoxy) is 3. The molecule has 0 saturated heterocycles. The molecule has 37 heavy (non-hydrogen) atoms. The Kier molecular flexibility index (Phi) is 13.0. The van der Waals surface area contributed by atoms with Crippen LogP contribution in [0.1, 0.15) is 40.5 Å². The predicted molar refractivity (Wildman–Crippen MR) is 145 cm³/mol. The molecule has 1 aromatic carbocycles. The van der Waals surface area contributed by atoms with Gasteiger partial charge in [-0.2, -0.15) is 0 Å². The molecule has 1 aromatic heterocycles. The molecule has 0 radical (unpaired) electrons. The zero-order valence-corrected chi connectivity index (χ0v) is 23.0. The van der Waals surface area contributed by atoms with Crippen molar-refractivity contribution in [3.63, 3.8) is 0 Å². The van der Waals surface area contributed by atoms with Crippen LogP contribution in [0.15, 0.2) is 30.5 Å². The third-order valence-corrected chi connectivity index (χ3v) is 6.07. The molecular formula is C26H40ClN5O5. The van der Waals surface area contributed by atoms with Gasteiger partial charge < -0.3 is 30.6 Å². The summed E-state index contributed by atoms with van der Waals surface area (Å²) in [5, 5.41) is 7.69. The average Bonchev–Trinajstić information content (AvgIpc) is 2.86. The number of halogens is 1. The minimum Gasteiger partial charge on any atom is -0.465 e. The van der Waals surface area contributed by atoms with Crippen molar-refractivity contribution in [1.29, 1.82) is 0 Å². The molecule has 2 unspecified atom stereocenters. The molecule has 2 rings (SSSR count). The molecule has 0 saturated carbocycles. The normalized spacial score (nSPS) is 13.8. The first-order valence-electron chi connectivity index (χ1n) is 12.6. The molecule has 2 aromatic rings. The summed E-state index contributed by atoms with van der Waals surface area (Å²) in [5.41, 5.74) is 6.68. The number of benzene rings is 1. The Morgan fingerprint density at radius 3 is 2.46 bits per heavy atom. The molecule has 4 N–H and O–H groups in total. The van der Waals surface area contributed by atoms with Crippen molar-refractivity contribution in [2.75, 3.05) is 51.7 Å². The van der Waals surface area contributed by atoms with E-state index in [1.54, 1.807) is 25.3 Å². The van der Waals surface area contributed by atoms with Gasteiger partial charge in [0.2, 0.25) is 5.91 Å². The van der Waals surface area contributed by atoms with Crippen LogP contribution in [-0.2, 0) is 23.8 Å². The largest absolute Gasteiger partial charge is 0.465 e. The van der Waals surface area contributed by atoms with Gasteiger partial charge in [0.1, 0.15) is 19.0 Å². The summed E-state index contributed by atoms with van der Waals surface area (Å²) in [6.45, 7) is 10.2. The van der Waals surface area contributed by atoms with E-state index in [0.29, 0.717) is 44.8 Å². The number of hydrogen-bond donors (Lipinski definition) is 3. The minimum absolute atomic E-state index is 0.171. The molecule has 0 aliphatic rings. The van der Waals surface area contributed by atoms with E-state index < -0.39 is 11.5 Å². The number of nitrogens with two attached hydrogens (primary N) is 1. The number of aromatic nitrogens is 1. The lowest BCUT2D eigenvalue weighted by atomic mass is 9.88. The average molecular weight is 538 g/mol. The zero-order valence-electron chi connectivity index (χ0n) is 22.2. The van der Waals surface area contributed by atoms with Crippen LogP contribution in [0.2, 0.25) is 5.02 Å². The first-order chi connectivity index (χ1) is 17.7. The number of hydrogen-bond acceptors (Lipinski definition) is 9. The standard InChI is InChI=1S/C26H40ClN5O5/c1-5-35-17-32(18-36-6-2)19(4)15-26(28,25(34)37-7-3)16-24(33)31-13-12-30-22-10-11-29-23-14-20(27)8-9-21(22)23/h8-11,14,19H,5-7,12-13,15-18,28H2,1-4H3,(H,29,30)(H,31,33). The number of anilines is 1. The minimum atomic E-state index is -1.50. The number of rotatable bonds is 17. The summed E-state index contributed by atoms with van der Waals surface area (Å²) in [5.74, 6) is -0.943. The molecule has 1 heterocycles. The molecule has 11 heteroatoms. The van der Waals surface area contributed by atoms with E-state index in [1.165, 1.54) is 0 Å². The number of pyridine rings is 1. The van der Waals surface area contributed by atoms with Gasteiger partial charge in [-0.1, -0.05) is 11.6 Å². The Morgan fingerprint density at radius 2 is 1.81 bits per heavy atom. The van der Waals surface area contributed by atoms with E-state index in [4.69, 9.17) is 31.5 Å². The van der Waals surface area contributed by atoms with Crippen molar-refractivity contribution >= 4 is 40.1 Å². The van der Waals surface area contributed by atoms with Crippen LogP contribution in [0, 0.1) is 0 Å². The van der Waals surface area contributed by atoms with Gasteiger partial charge in [0.15, 0.2) is 0 Å². The van der Waals surface area contributed by atoms with E-state index in [0.717, 1.165) is 16.6 Å². The molecular weight excluding hydrogens is 498 g/mol. The summed E-state index contributed by atoms with van der Waals surface area (Å²) in [6, 6.07) is 7.16. The number of fused-ring (bicyclic) bond motifs is 1. The van der Waals surface area contributed by atoms with Crippen molar-refractivity contribution in [1.82, 2.24) is 15.2 Å². The van der Waals surface area contributed by atoms with Gasteiger partial charge in [-0.25, -0.2) is 0 Å². The van der Waals surface area contributed by atoms with Gasteiger partial charge in [-0.3, -0.25) is 19.5 Å². The zero-order chi connectivity index (χ0) is 27.3. The quantitative estimate of drug-likeness (QED) is 0.158. The number of carbonyl (C=O) groups excluding carboxylic acids is 2. The van der Waals surface area contributed by atoms with Gasteiger partial charge in [0, 0.05) is 54.6 Å². The summed E-state index contributed by atoms with van der Waals surface area (Å²) in [4.78, 5) is 31.9. The highest BCUT2D eigenvalue weighted by atomic mass is 35.5. The van der Waals surface area contributed by atoms with Gasteiger partial charge in [0.25, 0.3) is 0 Å². The molecule has 0 aliphatic carbocycles. The van der Waals surface area contributed by atoms with Crippen LogP contribution < -0.4 is 16.4 Å². The second kappa shape index (κ2) is 15.7. The predicted octanol–water partition coefficient (Wildman–Crippen LogP) is 3.14. The highest BCUT2D eigenvalue weighted by Gasteiger charge is 2.40. The fraction of sp³-hybridized carbons (Fsp3) is 0.577. The molecule has 2 atom stereocenters. The van der Waals surface area contributed by atoms with Gasteiger partial charge in [0.05, 0.1) is 18.5 Å². The third-order valence-electron chi connectivity index (χ3n) is 5.83. The van der Waals surface area contributed by atoms with Crippen LogP contribution in [0.4, 0.5) is 5.69 Å². The third kappa shape index (κ3) is 9.71. The Hall–Kier alpha value is -2.50.